The molecule has 1 aromatic carbocycles. The van der Waals surface area contributed by atoms with Crippen LogP contribution in [0.1, 0.15) is 62.0 Å². The van der Waals surface area contributed by atoms with Gasteiger partial charge in [0.05, 0.1) is 13.2 Å². The molecular formula is C28H35N3O4Si. The first-order valence-electron chi connectivity index (χ1n) is 12.4. The number of aromatic nitrogens is 2. The third-order valence-corrected chi connectivity index (χ3v) is 11.9. The van der Waals surface area contributed by atoms with Crippen LogP contribution in [-0.2, 0) is 9.22 Å². The molecule has 1 atom stereocenters. The number of anilines is 1. The van der Waals surface area contributed by atoms with E-state index in [0.29, 0.717) is 42.4 Å². The lowest BCUT2D eigenvalue weighted by atomic mass is 9.98. The fraction of sp³-hybridized carbons (Fsp3) is 0.429. The zero-order valence-corrected chi connectivity index (χ0v) is 23.0. The first kappa shape index (κ1) is 26.0. The Bertz CT molecular complexity index is 1290. The Labute approximate surface area is 214 Å². The van der Waals surface area contributed by atoms with Gasteiger partial charge in [-0.1, -0.05) is 39.0 Å². The normalized spacial score (nSPS) is 15.9. The maximum Gasteiger partial charge on any atom is 0.260 e. The second kappa shape index (κ2) is 10.1. The van der Waals surface area contributed by atoms with Crippen LogP contribution in [-0.4, -0.2) is 43.7 Å². The first-order valence-corrected chi connectivity index (χ1v) is 15.3. The fourth-order valence-corrected chi connectivity index (χ4v) is 5.30. The number of methoxy groups -OCH3 is 1. The maximum atomic E-state index is 13.4. The molecule has 0 spiro atoms. The summed E-state index contributed by atoms with van der Waals surface area (Å²) in [5.74, 6) is 0.881. The highest BCUT2D eigenvalue weighted by Crippen LogP contribution is 2.40. The number of benzene rings is 1. The van der Waals surface area contributed by atoms with Gasteiger partial charge < -0.3 is 9.16 Å². The summed E-state index contributed by atoms with van der Waals surface area (Å²) in [6.45, 7) is 11.6. The van der Waals surface area contributed by atoms with E-state index in [1.165, 1.54) is 0 Å². The molecule has 1 aliphatic heterocycles. The number of ketones is 1. The van der Waals surface area contributed by atoms with E-state index in [9.17, 15) is 9.59 Å². The van der Waals surface area contributed by atoms with E-state index < -0.39 is 14.4 Å². The molecule has 0 fully saturated rings. The van der Waals surface area contributed by atoms with Gasteiger partial charge in [0.25, 0.3) is 5.91 Å². The van der Waals surface area contributed by atoms with E-state index in [-0.39, 0.29) is 23.1 Å². The minimum absolute atomic E-state index is 0.105. The lowest BCUT2D eigenvalue weighted by molar-refractivity contribution is -0.119. The predicted molar refractivity (Wildman–Crippen MR) is 144 cm³/mol. The van der Waals surface area contributed by atoms with Crippen molar-refractivity contribution in [1.29, 1.82) is 0 Å². The molecule has 8 heteroatoms. The van der Waals surface area contributed by atoms with Gasteiger partial charge in [0, 0.05) is 36.5 Å². The van der Waals surface area contributed by atoms with Crippen LogP contribution in [0.4, 0.5) is 5.82 Å². The standard InChI is InChI=1S/C28H35N3O4Si/c1-28(2,3)36(5,6)35-17-9-10-20(32)18-23-21-11-7-8-12-22(21)27(33)31(23)24-15-13-19-14-16-25(34-4)30-26(19)29-24/h7-8,11-16,23H,9-10,17-18H2,1-6H3. The third-order valence-electron chi connectivity index (χ3n) is 7.34. The molecule has 1 unspecified atom stereocenters. The molecular weight excluding hydrogens is 470 g/mol. The van der Waals surface area contributed by atoms with Crippen LogP contribution in [0, 0.1) is 0 Å². The summed E-state index contributed by atoms with van der Waals surface area (Å²) in [7, 11) is -0.288. The number of ether oxygens (including phenoxy) is 1. The number of fused-ring (bicyclic) bond motifs is 2. The van der Waals surface area contributed by atoms with Crippen LogP contribution in [0.3, 0.4) is 0 Å². The summed E-state index contributed by atoms with van der Waals surface area (Å²) in [4.78, 5) is 37.2. The molecule has 7 nitrogen and oxygen atoms in total. The van der Waals surface area contributed by atoms with Crippen molar-refractivity contribution in [2.24, 2.45) is 0 Å². The minimum atomic E-state index is -1.84. The highest BCUT2D eigenvalue weighted by molar-refractivity contribution is 6.74. The average Bonchev–Trinajstić information content (AvgIpc) is 3.11. The summed E-state index contributed by atoms with van der Waals surface area (Å²) >= 11 is 0. The van der Waals surface area contributed by atoms with E-state index in [2.05, 4.69) is 43.8 Å². The summed E-state index contributed by atoms with van der Waals surface area (Å²) in [6.07, 6.45) is 1.32. The Balaban J connectivity index is 1.53. The lowest BCUT2D eigenvalue weighted by Gasteiger charge is -2.36. The molecule has 2 aromatic heterocycles. The molecule has 4 rings (SSSR count). The van der Waals surface area contributed by atoms with Crippen molar-refractivity contribution < 1.29 is 18.8 Å². The molecule has 36 heavy (non-hydrogen) atoms. The number of nitrogens with zero attached hydrogens (tertiary/aromatic N) is 3. The summed E-state index contributed by atoms with van der Waals surface area (Å²) in [6, 6.07) is 14.4. The maximum absolute atomic E-state index is 13.4. The molecule has 0 aliphatic carbocycles. The van der Waals surface area contributed by atoms with Gasteiger partial charge in [-0.3, -0.25) is 14.5 Å². The van der Waals surface area contributed by atoms with Gasteiger partial charge in [0.1, 0.15) is 11.6 Å². The minimum Gasteiger partial charge on any atom is -0.481 e. The van der Waals surface area contributed by atoms with Crippen molar-refractivity contribution in [3.05, 3.63) is 59.7 Å². The number of pyridine rings is 2. The zero-order chi connectivity index (χ0) is 26.1. The SMILES string of the molecule is COc1ccc2ccc(N3C(=O)c4ccccc4C3CC(=O)CCCO[Si](C)(C)C(C)(C)C)nc2n1. The molecule has 3 aromatic rings. The number of amides is 1. The molecule has 0 radical (unpaired) electrons. The van der Waals surface area contributed by atoms with Gasteiger partial charge in [-0.15, -0.1) is 0 Å². The van der Waals surface area contributed by atoms with Crippen molar-refractivity contribution >= 4 is 36.9 Å². The summed E-state index contributed by atoms with van der Waals surface area (Å²) in [5.41, 5.74) is 1.95. The van der Waals surface area contributed by atoms with Crippen molar-refractivity contribution in [3.8, 4) is 5.88 Å². The third kappa shape index (κ3) is 5.20. The van der Waals surface area contributed by atoms with E-state index in [1.54, 1.807) is 18.1 Å². The Morgan fingerprint density at radius 2 is 1.78 bits per heavy atom. The fourth-order valence-electron chi connectivity index (χ4n) is 4.21. The molecule has 3 heterocycles. The van der Waals surface area contributed by atoms with Gasteiger partial charge in [-0.25, -0.2) is 4.98 Å². The molecule has 190 valence electrons. The quantitative estimate of drug-likeness (QED) is 0.258. The van der Waals surface area contributed by atoms with E-state index in [4.69, 9.17) is 9.16 Å². The largest absolute Gasteiger partial charge is 0.481 e. The Hall–Kier alpha value is -3.10. The number of rotatable bonds is 9. The first-order chi connectivity index (χ1) is 17.0. The predicted octanol–water partition coefficient (Wildman–Crippen LogP) is 6.10. The van der Waals surface area contributed by atoms with Crippen molar-refractivity contribution in [3.63, 3.8) is 0 Å². The number of hydrogen-bond acceptors (Lipinski definition) is 6. The molecule has 0 saturated heterocycles. The van der Waals surface area contributed by atoms with Gasteiger partial charge in [-0.2, -0.15) is 4.98 Å². The van der Waals surface area contributed by atoms with Crippen LogP contribution in [0.15, 0.2) is 48.5 Å². The van der Waals surface area contributed by atoms with Gasteiger partial charge in [0.2, 0.25) is 5.88 Å². The summed E-state index contributed by atoms with van der Waals surface area (Å²) < 4.78 is 11.5. The number of carbonyl (C=O) groups excluding carboxylic acids is 2. The van der Waals surface area contributed by atoms with Gasteiger partial charge >= 0.3 is 0 Å². The molecule has 1 amide bonds. The topological polar surface area (TPSA) is 81.6 Å². The van der Waals surface area contributed by atoms with E-state index in [1.807, 2.05) is 42.5 Å². The van der Waals surface area contributed by atoms with E-state index in [0.717, 1.165) is 10.9 Å². The number of hydrogen-bond donors (Lipinski definition) is 0. The Morgan fingerprint density at radius 3 is 2.50 bits per heavy atom. The second-order valence-corrected chi connectivity index (χ2v) is 15.6. The molecule has 0 N–H and O–H groups in total. The van der Waals surface area contributed by atoms with Crippen LogP contribution < -0.4 is 9.64 Å². The average molecular weight is 506 g/mol. The summed E-state index contributed by atoms with van der Waals surface area (Å²) in [5, 5.41) is 0.982. The highest BCUT2D eigenvalue weighted by atomic mass is 28.4. The lowest BCUT2D eigenvalue weighted by Crippen LogP contribution is -2.41. The monoisotopic (exact) mass is 505 g/mol. The second-order valence-electron chi connectivity index (χ2n) is 10.8. The van der Waals surface area contributed by atoms with Crippen LogP contribution in [0.2, 0.25) is 18.1 Å². The molecule has 1 aliphatic rings. The van der Waals surface area contributed by atoms with Crippen molar-refractivity contribution in [2.45, 2.75) is 64.2 Å². The zero-order valence-electron chi connectivity index (χ0n) is 22.0. The number of carbonyl (C=O) groups is 2. The smallest absolute Gasteiger partial charge is 0.260 e. The van der Waals surface area contributed by atoms with Crippen LogP contribution >= 0.6 is 0 Å². The highest BCUT2D eigenvalue weighted by Gasteiger charge is 2.39. The van der Waals surface area contributed by atoms with Crippen LogP contribution in [0.25, 0.3) is 11.0 Å². The van der Waals surface area contributed by atoms with Gasteiger partial charge in [-0.05, 0) is 54.4 Å². The molecule has 0 saturated carbocycles. The Kier molecular flexibility index (Phi) is 7.29. The Morgan fingerprint density at radius 1 is 1.06 bits per heavy atom. The molecule has 0 bridgehead atoms. The van der Waals surface area contributed by atoms with Gasteiger partial charge in [0.15, 0.2) is 14.0 Å². The van der Waals surface area contributed by atoms with Crippen molar-refractivity contribution in [1.82, 2.24) is 9.97 Å². The van der Waals surface area contributed by atoms with Crippen LogP contribution in [0.5, 0.6) is 5.88 Å². The van der Waals surface area contributed by atoms with E-state index >= 15 is 0 Å². The van der Waals surface area contributed by atoms with Crippen molar-refractivity contribution in [2.75, 3.05) is 18.6 Å². The number of Topliss-reactive ketones (excluding diaryl/α,β-unsaturated/α-hetero) is 1.